The lowest BCUT2D eigenvalue weighted by Gasteiger charge is -2.31. The number of benzene rings is 2. The molecule has 4 atom stereocenters. The first-order chi connectivity index (χ1) is 18.9. The Labute approximate surface area is 224 Å². The Morgan fingerprint density at radius 3 is 2.56 bits per heavy atom. The van der Waals surface area contributed by atoms with Crippen molar-refractivity contribution in [3.63, 3.8) is 0 Å². The fourth-order valence-corrected chi connectivity index (χ4v) is 5.23. The smallest absolute Gasteiger partial charge is 0.315 e. The summed E-state index contributed by atoms with van der Waals surface area (Å²) >= 11 is 0. The summed E-state index contributed by atoms with van der Waals surface area (Å²) in [4.78, 5) is 38.0. The molecular weight excluding hydrogens is 506 g/mol. The van der Waals surface area contributed by atoms with Crippen LogP contribution in [-0.2, 0) is 17.7 Å². The molecule has 10 heteroatoms. The maximum atomic E-state index is 13.6. The first-order valence-corrected chi connectivity index (χ1v) is 13.0. The third kappa shape index (κ3) is 6.51. The Morgan fingerprint density at radius 2 is 1.77 bits per heavy atom. The van der Waals surface area contributed by atoms with Crippen molar-refractivity contribution in [1.29, 1.82) is 0 Å². The fourth-order valence-electron chi connectivity index (χ4n) is 5.23. The van der Waals surface area contributed by atoms with Gasteiger partial charge in [-0.15, -0.1) is 0 Å². The second kappa shape index (κ2) is 11.8. The zero-order valence-corrected chi connectivity index (χ0v) is 21.2. The number of hydrogen-bond acceptors (Lipinski definition) is 4. The lowest BCUT2D eigenvalue weighted by Crippen LogP contribution is -2.45. The van der Waals surface area contributed by atoms with Gasteiger partial charge < -0.3 is 25.3 Å². The van der Waals surface area contributed by atoms with Crippen molar-refractivity contribution in [2.75, 3.05) is 6.61 Å². The Morgan fingerprint density at radius 1 is 0.974 bits per heavy atom. The van der Waals surface area contributed by atoms with Crippen molar-refractivity contribution in [3.8, 4) is 0 Å². The van der Waals surface area contributed by atoms with E-state index >= 15 is 0 Å². The molecule has 1 aliphatic heterocycles. The molecule has 2 fully saturated rings. The highest BCUT2D eigenvalue weighted by molar-refractivity contribution is 5.94. The zero-order valence-electron chi connectivity index (χ0n) is 21.2. The van der Waals surface area contributed by atoms with Crippen molar-refractivity contribution in [2.24, 2.45) is 0 Å². The van der Waals surface area contributed by atoms with E-state index in [0.29, 0.717) is 18.4 Å². The fraction of sp³-hybridized carbons (Fsp3) is 0.345. The minimum absolute atomic E-state index is 0.0110. The molecule has 204 valence electrons. The first kappa shape index (κ1) is 26.6. The second-order valence-corrected chi connectivity index (χ2v) is 10.1. The SMILES string of the molecule is O=C1NC2CCC(OC[C@@H](Cc3ccccc3)NC(=O)c3cccn(Cc4ccc(F)c(F)c4)c3=O)CC2N1. The van der Waals surface area contributed by atoms with Gasteiger partial charge in [-0.2, -0.15) is 0 Å². The summed E-state index contributed by atoms with van der Waals surface area (Å²) in [6.45, 7) is 0.225. The minimum atomic E-state index is -1.00. The molecular formula is C29H30F2N4O4. The molecule has 0 spiro atoms. The van der Waals surface area contributed by atoms with Crippen LogP contribution in [0.1, 0.15) is 40.7 Å². The van der Waals surface area contributed by atoms with Crippen LogP contribution in [0, 0.1) is 11.6 Å². The van der Waals surface area contributed by atoms with Gasteiger partial charge in [0, 0.05) is 6.20 Å². The molecule has 1 saturated heterocycles. The van der Waals surface area contributed by atoms with Gasteiger partial charge in [0.15, 0.2) is 11.6 Å². The molecule has 2 aromatic carbocycles. The molecule has 2 aliphatic rings. The van der Waals surface area contributed by atoms with Crippen molar-refractivity contribution in [3.05, 3.63) is 106 Å². The number of carbonyl (C=O) groups is 2. The first-order valence-electron chi connectivity index (χ1n) is 13.0. The van der Waals surface area contributed by atoms with Crippen LogP contribution in [0.15, 0.2) is 71.7 Å². The topological polar surface area (TPSA) is 101 Å². The van der Waals surface area contributed by atoms with Crippen LogP contribution in [0.3, 0.4) is 0 Å². The number of hydrogen-bond donors (Lipinski definition) is 3. The summed E-state index contributed by atoms with van der Waals surface area (Å²) in [5, 5.41) is 8.80. The predicted octanol–water partition coefficient (Wildman–Crippen LogP) is 3.14. The van der Waals surface area contributed by atoms with E-state index in [1.54, 1.807) is 6.07 Å². The van der Waals surface area contributed by atoms with Crippen LogP contribution in [0.4, 0.5) is 13.6 Å². The second-order valence-electron chi connectivity index (χ2n) is 10.1. The van der Waals surface area contributed by atoms with Gasteiger partial charge in [-0.3, -0.25) is 9.59 Å². The Balaban J connectivity index is 1.27. The third-order valence-corrected chi connectivity index (χ3v) is 7.23. The predicted molar refractivity (Wildman–Crippen MR) is 140 cm³/mol. The number of urea groups is 1. The third-order valence-electron chi connectivity index (χ3n) is 7.23. The highest BCUT2D eigenvalue weighted by Gasteiger charge is 2.37. The summed E-state index contributed by atoms with van der Waals surface area (Å²) in [5.41, 5.74) is 0.804. The van der Waals surface area contributed by atoms with Gasteiger partial charge >= 0.3 is 6.03 Å². The summed E-state index contributed by atoms with van der Waals surface area (Å²) in [7, 11) is 0. The van der Waals surface area contributed by atoms with Crippen LogP contribution < -0.4 is 21.5 Å². The number of ether oxygens (including phenoxy) is 1. The summed E-state index contributed by atoms with van der Waals surface area (Å²) < 4.78 is 34.4. The van der Waals surface area contributed by atoms with Crippen molar-refractivity contribution in [1.82, 2.24) is 20.5 Å². The zero-order chi connectivity index (χ0) is 27.4. The molecule has 5 rings (SSSR count). The highest BCUT2D eigenvalue weighted by atomic mass is 19.2. The molecule has 8 nitrogen and oxygen atoms in total. The van der Waals surface area contributed by atoms with E-state index in [1.807, 2.05) is 30.3 Å². The van der Waals surface area contributed by atoms with E-state index in [0.717, 1.165) is 30.5 Å². The molecule has 0 bridgehead atoms. The van der Waals surface area contributed by atoms with E-state index in [1.165, 1.54) is 22.9 Å². The van der Waals surface area contributed by atoms with Crippen LogP contribution in [-0.4, -0.2) is 47.3 Å². The van der Waals surface area contributed by atoms with Gasteiger partial charge in [0.05, 0.1) is 37.4 Å². The molecule has 39 heavy (non-hydrogen) atoms. The molecule has 3 aromatic rings. The minimum Gasteiger partial charge on any atom is -0.376 e. The van der Waals surface area contributed by atoms with E-state index in [-0.39, 0.29) is 42.9 Å². The molecule has 3 N–H and O–H groups in total. The number of halogens is 2. The summed E-state index contributed by atoms with van der Waals surface area (Å²) in [5.74, 6) is -2.51. The largest absolute Gasteiger partial charge is 0.376 e. The van der Waals surface area contributed by atoms with Gasteiger partial charge in [-0.25, -0.2) is 13.6 Å². The number of pyridine rings is 1. The van der Waals surface area contributed by atoms with Crippen LogP contribution >= 0.6 is 0 Å². The van der Waals surface area contributed by atoms with Crippen molar-refractivity contribution in [2.45, 2.75) is 56.5 Å². The van der Waals surface area contributed by atoms with E-state index in [4.69, 9.17) is 4.74 Å². The molecule has 1 saturated carbocycles. The molecule has 2 heterocycles. The van der Waals surface area contributed by atoms with Gasteiger partial charge in [0.25, 0.3) is 11.5 Å². The van der Waals surface area contributed by atoms with Crippen molar-refractivity contribution >= 4 is 11.9 Å². The Kier molecular flexibility index (Phi) is 8.02. The Hall–Kier alpha value is -4.05. The number of aromatic nitrogens is 1. The number of fused-ring (bicyclic) bond motifs is 1. The maximum absolute atomic E-state index is 13.6. The number of carbonyl (C=O) groups excluding carboxylic acids is 2. The number of rotatable bonds is 9. The van der Waals surface area contributed by atoms with Crippen LogP contribution in [0.25, 0.3) is 0 Å². The Bertz CT molecular complexity index is 1400. The molecule has 0 radical (unpaired) electrons. The lowest BCUT2D eigenvalue weighted by molar-refractivity contribution is 0.00737. The van der Waals surface area contributed by atoms with E-state index in [2.05, 4.69) is 16.0 Å². The summed E-state index contributed by atoms with van der Waals surface area (Å²) in [6, 6.07) is 15.7. The molecule has 1 aromatic heterocycles. The quantitative estimate of drug-likeness (QED) is 0.391. The number of nitrogens with one attached hydrogen (secondary N) is 3. The number of amides is 3. The average Bonchev–Trinajstić information content (AvgIpc) is 3.30. The lowest BCUT2D eigenvalue weighted by atomic mass is 9.89. The normalized spacial score (nSPS) is 21.0. The molecule has 1 aliphatic carbocycles. The van der Waals surface area contributed by atoms with E-state index in [9.17, 15) is 23.2 Å². The van der Waals surface area contributed by atoms with Crippen LogP contribution in [0.5, 0.6) is 0 Å². The van der Waals surface area contributed by atoms with E-state index < -0.39 is 29.1 Å². The summed E-state index contributed by atoms with van der Waals surface area (Å²) in [6.07, 6.45) is 4.22. The molecule has 3 unspecified atom stereocenters. The maximum Gasteiger partial charge on any atom is 0.315 e. The van der Waals surface area contributed by atoms with Crippen LogP contribution in [0.2, 0.25) is 0 Å². The van der Waals surface area contributed by atoms with Gasteiger partial charge in [-0.1, -0.05) is 36.4 Å². The number of nitrogens with zero attached hydrogens (tertiary/aromatic N) is 1. The standard InChI is InChI=1S/C29H30F2N4O4/c30-23-10-8-19(14-24(23)31)16-35-12-4-7-22(28(35)37)27(36)32-20(13-18-5-2-1-3-6-18)17-39-21-9-11-25-26(15-21)34-29(38)33-25/h1-8,10,12,14,20-21,25-26H,9,11,13,15-17H2,(H,32,36)(H2,33,34,38)/t20-,21?,25?,26?/m1/s1. The monoisotopic (exact) mass is 536 g/mol. The van der Waals surface area contributed by atoms with Crippen molar-refractivity contribution < 1.29 is 23.1 Å². The van der Waals surface area contributed by atoms with Gasteiger partial charge in [0.2, 0.25) is 0 Å². The van der Waals surface area contributed by atoms with Gasteiger partial charge in [0.1, 0.15) is 5.56 Å². The van der Waals surface area contributed by atoms with Gasteiger partial charge in [-0.05, 0) is 61.1 Å². The average molecular weight is 537 g/mol. The molecule has 3 amide bonds. The highest BCUT2D eigenvalue weighted by Crippen LogP contribution is 2.24.